The highest BCUT2D eigenvalue weighted by atomic mass is 35.5. The van der Waals surface area contributed by atoms with Gasteiger partial charge in [0.1, 0.15) is 0 Å². The van der Waals surface area contributed by atoms with Crippen LogP contribution in [-0.4, -0.2) is 31.2 Å². The van der Waals surface area contributed by atoms with Crippen molar-refractivity contribution in [2.24, 2.45) is 0 Å². The number of hydrogen-bond donors (Lipinski definition) is 1. The summed E-state index contributed by atoms with van der Waals surface area (Å²) in [5, 5.41) is 3.38. The Labute approximate surface area is 160 Å². The van der Waals surface area contributed by atoms with Gasteiger partial charge in [-0.05, 0) is 43.2 Å². The van der Waals surface area contributed by atoms with Crippen LogP contribution >= 0.6 is 11.6 Å². The van der Waals surface area contributed by atoms with E-state index in [1.54, 1.807) is 42.5 Å². The first-order valence-electron chi connectivity index (χ1n) is 8.42. The third kappa shape index (κ3) is 5.56. The molecular formula is C19H23ClN2O3S. The van der Waals surface area contributed by atoms with Crippen molar-refractivity contribution in [3.05, 3.63) is 65.2 Å². The number of nitrogens with one attached hydrogen (secondary N) is 1. The predicted octanol–water partition coefficient (Wildman–Crippen LogP) is 3.45. The Balaban J connectivity index is 2.28. The van der Waals surface area contributed by atoms with Gasteiger partial charge in [-0.2, -0.15) is 4.31 Å². The van der Waals surface area contributed by atoms with E-state index in [4.69, 9.17) is 11.6 Å². The second-order valence-electron chi connectivity index (χ2n) is 6.09. The first-order valence-corrected chi connectivity index (χ1v) is 10.2. The van der Waals surface area contributed by atoms with Crippen molar-refractivity contribution in [3.8, 4) is 0 Å². The Morgan fingerprint density at radius 1 is 1.12 bits per heavy atom. The zero-order valence-corrected chi connectivity index (χ0v) is 16.4. The van der Waals surface area contributed by atoms with Crippen LogP contribution in [0.3, 0.4) is 0 Å². The summed E-state index contributed by atoms with van der Waals surface area (Å²) in [6.07, 6.45) is 0.772. The number of carbonyl (C=O) groups excluding carboxylic acids is 1. The molecular weight excluding hydrogens is 372 g/mol. The normalized spacial score (nSPS) is 12.8. The molecule has 2 aromatic rings. The number of carbonyl (C=O) groups is 1. The molecule has 0 bridgehead atoms. The molecule has 1 atom stereocenters. The number of amides is 1. The summed E-state index contributed by atoms with van der Waals surface area (Å²) >= 11 is 5.90. The molecule has 1 N–H and O–H groups in total. The first-order chi connectivity index (χ1) is 12.3. The van der Waals surface area contributed by atoms with E-state index in [0.29, 0.717) is 5.02 Å². The molecule has 0 heterocycles. The van der Waals surface area contributed by atoms with Crippen molar-refractivity contribution < 1.29 is 13.2 Å². The molecule has 140 valence electrons. The van der Waals surface area contributed by atoms with Crippen LogP contribution < -0.4 is 5.32 Å². The second kappa shape index (κ2) is 9.16. The molecule has 0 radical (unpaired) electrons. The van der Waals surface area contributed by atoms with Crippen LogP contribution in [0, 0.1) is 0 Å². The van der Waals surface area contributed by atoms with Gasteiger partial charge < -0.3 is 5.32 Å². The Morgan fingerprint density at radius 2 is 1.73 bits per heavy atom. The topological polar surface area (TPSA) is 66.5 Å². The summed E-state index contributed by atoms with van der Waals surface area (Å²) in [6, 6.07) is 15.0. The van der Waals surface area contributed by atoms with Gasteiger partial charge in [0.25, 0.3) is 0 Å². The molecule has 26 heavy (non-hydrogen) atoms. The summed E-state index contributed by atoms with van der Waals surface area (Å²) in [4.78, 5) is 12.5. The highest BCUT2D eigenvalue weighted by Crippen LogP contribution is 2.19. The lowest BCUT2D eigenvalue weighted by molar-refractivity contribution is -0.122. The molecule has 0 aliphatic rings. The van der Waals surface area contributed by atoms with Crippen LogP contribution in [0.25, 0.3) is 0 Å². The van der Waals surface area contributed by atoms with Gasteiger partial charge in [-0.1, -0.05) is 48.9 Å². The smallest absolute Gasteiger partial charge is 0.243 e. The van der Waals surface area contributed by atoms with E-state index in [-0.39, 0.29) is 29.9 Å². The van der Waals surface area contributed by atoms with Crippen molar-refractivity contribution in [2.75, 3.05) is 6.54 Å². The van der Waals surface area contributed by atoms with Crippen molar-refractivity contribution in [3.63, 3.8) is 0 Å². The van der Waals surface area contributed by atoms with Gasteiger partial charge >= 0.3 is 0 Å². The number of nitrogens with zero attached hydrogens (tertiary/aromatic N) is 1. The molecule has 7 heteroatoms. The highest BCUT2D eigenvalue weighted by Gasteiger charge is 2.27. The number of sulfonamides is 1. The SMILES string of the molecule is CC[C@H](C)NC(=O)CN(Cc1ccc(Cl)cc1)S(=O)(=O)c1ccccc1. The molecule has 2 aromatic carbocycles. The Hall–Kier alpha value is -1.89. The van der Waals surface area contributed by atoms with E-state index in [0.717, 1.165) is 12.0 Å². The fourth-order valence-electron chi connectivity index (χ4n) is 2.34. The lowest BCUT2D eigenvalue weighted by Crippen LogP contribution is -2.43. The van der Waals surface area contributed by atoms with E-state index >= 15 is 0 Å². The van der Waals surface area contributed by atoms with Crippen molar-refractivity contribution in [2.45, 2.75) is 37.8 Å². The maximum absolute atomic E-state index is 13.0. The third-order valence-electron chi connectivity index (χ3n) is 3.99. The minimum atomic E-state index is -3.81. The number of benzene rings is 2. The molecule has 0 aliphatic heterocycles. The van der Waals surface area contributed by atoms with Gasteiger partial charge in [0.15, 0.2) is 0 Å². The Kier molecular flexibility index (Phi) is 7.20. The lowest BCUT2D eigenvalue weighted by Gasteiger charge is -2.23. The van der Waals surface area contributed by atoms with Crippen LogP contribution in [-0.2, 0) is 21.4 Å². The Morgan fingerprint density at radius 3 is 2.31 bits per heavy atom. The fraction of sp³-hybridized carbons (Fsp3) is 0.316. The van der Waals surface area contributed by atoms with Gasteiger partial charge in [0.05, 0.1) is 11.4 Å². The molecule has 0 aliphatic carbocycles. The molecule has 0 aromatic heterocycles. The molecule has 0 fully saturated rings. The maximum atomic E-state index is 13.0. The zero-order chi connectivity index (χ0) is 19.2. The predicted molar refractivity (Wildman–Crippen MR) is 103 cm³/mol. The molecule has 1 amide bonds. The molecule has 0 spiro atoms. The summed E-state index contributed by atoms with van der Waals surface area (Å²) < 4.78 is 27.2. The number of hydrogen-bond acceptors (Lipinski definition) is 3. The summed E-state index contributed by atoms with van der Waals surface area (Å²) in [5.74, 6) is -0.326. The van der Waals surface area contributed by atoms with Crippen LogP contribution in [0.5, 0.6) is 0 Å². The maximum Gasteiger partial charge on any atom is 0.243 e. The zero-order valence-electron chi connectivity index (χ0n) is 14.9. The quantitative estimate of drug-likeness (QED) is 0.745. The van der Waals surface area contributed by atoms with Crippen LogP contribution in [0.4, 0.5) is 0 Å². The minimum Gasteiger partial charge on any atom is -0.353 e. The lowest BCUT2D eigenvalue weighted by atomic mass is 10.2. The second-order valence-corrected chi connectivity index (χ2v) is 8.46. The van der Waals surface area contributed by atoms with E-state index in [1.807, 2.05) is 13.8 Å². The summed E-state index contributed by atoms with van der Waals surface area (Å²) in [7, 11) is -3.81. The number of rotatable bonds is 8. The Bertz CT molecular complexity index is 824. The van der Waals surface area contributed by atoms with Gasteiger partial charge in [0.2, 0.25) is 15.9 Å². The first kappa shape index (κ1) is 20.4. The van der Waals surface area contributed by atoms with Crippen LogP contribution in [0.15, 0.2) is 59.5 Å². The molecule has 2 rings (SSSR count). The minimum absolute atomic E-state index is 0.0145. The van der Waals surface area contributed by atoms with Crippen molar-refractivity contribution in [1.82, 2.24) is 9.62 Å². The van der Waals surface area contributed by atoms with Crippen LogP contribution in [0.2, 0.25) is 5.02 Å². The van der Waals surface area contributed by atoms with Gasteiger partial charge in [-0.15, -0.1) is 0 Å². The molecule has 5 nitrogen and oxygen atoms in total. The van der Waals surface area contributed by atoms with E-state index in [9.17, 15) is 13.2 Å². The van der Waals surface area contributed by atoms with E-state index in [1.165, 1.54) is 16.4 Å². The monoisotopic (exact) mass is 394 g/mol. The van der Waals surface area contributed by atoms with E-state index in [2.05, 4.69) is 5.32 Å². The third-order valence-corrected chi connectivity index (χ3v) is 6.05. The van der Waals surface area contributed by atoms with Gasteiger partial charge in [-0.3, -0.25) is 4.79 Å². The van der Waals surface area contributed by atoms with Gasteiger partial charge in [0, 0.05) is 17.6 Å². The average Bonchev–Trinajstić information content (AvgIpc) is 2.63. The summed E-state index contributed by atoms with van der Waals surface area (Å²) in [5.41, 5.74) is 0.755. The van der Waals surface area contributed by atoms with Gasteiger partial charge in [-0.25, -0.2) is 8.42 Å². The molecule has 0 unspecified atom stereocenters. The summed E-state index contributed by atoms with van der Waals surface area (Å²) in [6.45, 7) is 3.68. The van der Waals surface area contributed by atoms with Crippen molar-refractivity contribution >= 4 is 27.5 Å². The highest BCUT2D eigenvalue weighted by molar-refractivity contribution is 7.89. The molecule has 0 saturated heterocycles. The van der Waals surface area contributed by atoms with Crippen molar-refractivity contribution in [1.29, 1.82) is 0 Å². The van der Waals surface area contributed by atoms with E-state index < -0.39 is 10.0 Å². The standard InChI is InChI=1S/C19H23ClN2O3S/c1-3-15(2)21-19(23)14-22(13-16-9-11-17(20)12-10-16)26(24,25)18-7-5-4-6-8-18/h4-12,15H,3,13-14H2,1-2H3,(H,21,23)/t15-/m0/s1. The molecule has 0 saturated carbocycles. The largest absolute Gasteiger partial charge is 0.353 e. The average molecular weight is 395 g/mol. The van der Waals surface area contributed by atoms with Crippen LogP contribution in [0.1, 0.15) is 25.8 Å². The fourth-order valence-corrected chi connectivity index (χ4v) is 3.87. The number of halogens is 1.